The van der Waals surface area contributed by atoms with Gasteiger partial charge in [-0.15, -0.1) is 0 Å². The molecule has 5 nitrogen and oxygen atoms in total. The number of benzene rings is 1. The van der Waals surface area contributed by atoms with Gasteiger partial charge in [0.05, 0.1) is 12.4 Å². The van der Waals surface area contributed by atoms with E-state index in [1.807, 2.05) is 0 Å². The van der Waals surface area contributed by atoms with Crippen LogP contribution in [-0.4, -0.2) is 38.6 Å². The van der Waals surface area contributed by atoms with E-state index in [1.54, 1.807) is 11.6 Å². The summed E-state index contributed by atoms with van der Waals surface area (Å²) in [4.78, 5) is 0. The van der Waals surface area contributed by atoms with Gasteiger partial charge in [0.1, 0.15) is 6.04 Å². The third-order valence-corrected chi connectivity index (χ3v) is 3.41. The van der Waals surface area contributed by atoms with Gasteiger partial charge in [0.15, 0.2) is 0 Å². The minimum Gasteiger partial charge on any atom is -0.392 e. The molecule has 0 aromatic heterocycles. The lowest BCUT2D eigenvalue weighted by molar-refractivity contribution is -0.153. The summed E-state index contributed by atoms with van der Waals surface area (Å²) in [7, 11) is -4.00. The van der Waals surface area contributed by atoms with Gasteiger partial charge in [-0.2, -0.15) is 17.9 Å². The van der Waals surface area contributed by atoms with Crippen molar-refractivity contribution in [3.05, 3.63) is 35.4 Å². The molecule has 0 aliphatic heterocycles. The van der Waals surface area contributed by atoms with E-state index < -0.39 is 28.3 Å². The Morgan fingerprint density at radius 1 is 1.23 bits per heavy atom. The van der Waals surface area contributed by atoms with Gasteiger partial charge in [-0.3, -0.25) is 0 Å². The molecule has 126 valence electrons. The fourth-order valence-electron chi connectivity index (χ4n) is 1.79. The summed E-state index contributed by atoms with van der Waals surface area (Å²) < 4.78 is 62.6. The van der Waals surface area contributed by atoms with Crippen molar-refractivity contribution in [1.29, 1.82) is 0 Å². The SMILES string of the molecule is CC(O)CNCc1ccc(C(NS(C)(=O)=O)C(F)(F)F)cc1. The number of hydrogen-bond acceptors (Lipinski definition) is 4. The molecular formula is C13H19F3N2O3S. The normalized spacial score (nSPS) is 15.5. The maximum atomic E-state index is 13.0. The highest BCUT2D eigenvalue weighted by Gasteiger charge is 2.42. The van der Waals surface area contributed by atoms with Crippen molar-refractivity contribution in [2.24, 2.45) is 0 Å². The number of aliphatic hydroxyl groups is 1. The van der Waals surface area contributed by atoms with Crippen LogP contribution in [0.1, 0.15) is 24.1 Å². The first-order valence-corrected chi connectivity index (χ1v) is 8.40. The molecule has 1 aromatic rings. The van der Waals surface area contributed by atoms with Gasteiger partial charge in [0, 0.05) is 13.1 Å². The smallest absolute Gasteiger partial charge is 0.392 e. The second kappa shape index (κ2) is 7.40. The topological polar surface area (TPSA) is 78.4 Å². The average molecular weight is 340 g/mol. The molecule has 9 heteroatoms. The van der Waals surface area contributed by atoms with Gasteiger partial charge in [-0.1, -0.05) is 24.3 Å². The highest BCUT2D eigenvalue weighted by atomic mass is 32.2. The lowest BCUT2D eigenvalue weighted by Gasteiger charge is -2.21. The van der Waals surface area contributed by atoms with Crippen molar-refractivity contribution >= 4 is 10.0 Å². The van der Waals surface area contributed by atoms with Gasteiger partial charge in [-0.25, -0.2) is 8.42 Å². The van der Waals surface area contributed by atoms with Crippen LogP contribution in [0.3, 0.4) is 0 Å². The summed E-state index contributed by atoms with van der Waals surface area (Å²) in [6.45, 7) is 2.37. The molecule has 0 aliphatic carbocycles. The Bertz CT molecular complexity index is 571. The number of alkyl halides is 3. The lowest BCUT2D eigenvalue weighted by Crippen LogP contribution is -2.37. The van der Waals surface area contributed by atoms with Gasteiger partial charge in [0.2, 0.25) is 10.0 Å². The number of aliphatic hydroxyl groups excluding tert-OH is 1. The number of nitrogens with one attached hydrogen (secondary N) is 2. The van der Waals surface area contributed by atoms with E-state index in [2.05, 4.69) is 5.32 Å². The third-order valence-electron chi connectivity index (χ3n) is 2.74. The van der Waals surface area contributed by atoms with E-state index in [9.17, 15) is 21.6 Å². The molecule has 0 spiro atoms. The monoisotopic (exact) mass is 340 g/mol. The van der Waals surface area contributed by atoms with E-state index in [1.165, 1.54) is 24.3 Å². The minimum atomic E-state index is -4.73. The standard InChI is InChI=1S/C13H19F3N2O3S/c1-9(19)7-17-8-10-3-5-11(6-4-10)12(13(14,15)16)18-22(2,20)21/h3-6,9,12,17-19H,7-8H2,1-2H3. The quantitative estimate of drug-likeness (QED) is 0.699. The van der Waals surface area contributed by atoms with Crippen LogP contribution < -0.4 is 10.0 Å². The minimum absolute atomic E-state index is 0.183. The molecule has 22 heavy (non-hydrogen) atoms. The molecule has 2 atom stereocenters. The number of rotatable bonds is 7. The molecule has 2 unspecified atom stereocenters. The van der Waals surface area contributed by atoms with E-state index >= 15 is 0 Å². The molecule has 0 heterocycles. The molecule has 0 bridgehead atoms. The molecule has 0 saturated carbocycles. The van der Waals surface area contributed by atoms with Crippen LogP contribution in [0, 0.1) is 0 Å². The Labute approximate surface area is 127 Å². The predicted molar refractivity (Wildman–Crippen MR) is 76.6 cm³/mol. The largest absolute Gasteiger partial charge is 0.408 e. The van der Waals surface area contributed by atoms with Crippen LogP contribution in [0.5, 0.6) is 0 Å². The lowest BCUT2D eigenvalue weighted by atomic mass is 10.1. The predicted octanol–water partition coefficient (Wildman–Crippen LogP) is 1.31. The van der Waals surface area contributed by atoms with Gasteiger partial charge in [-0.05, 0) is 18.1 Å². The average Bonchev–Trinajstić information content (AvgIpc) is 2.34. The van der Waals surface area contributed by atoms with Crippen LogP contribution in [0.2, 0.25) is 0 Å². The maximum Gasteiger partial charge on any atom is 0.408 e. The van der Waals surface area contributed by atoms with E-state index in [4.69, 9.17) is 5.11 Å². The summed E-state index contributed by atoms with van der Waals surface area (Å²) in [6.07, 6.45) is -4.57. The number of hydrogen-bond donors (Lipinski definition) is 3. The Kier molecular flexibility index (Phi) is 6.36. The van der Waals surface area contributed by atoms with Crippen LogP contribution in [0.25, 0.3) is 0 Å². The number of halogens is 3. The highest BCUT2D eigenvalue weighted by Crippen LogP contribution is 2.33. The molecular weight excluding hydrogens is 321 g/mol. The molecule has 0 radical (unpaired) electrons. The first-order valence-electron chi connectivity index (χ1n) is 6.50. The molecule has 0 amide bonds. The Morgan fingerprint density at radius 3 is 2.18 bits per heavy atom. The third kappa shape index (κ3) is 6.73. The maximum absolute atomic E-state index is 13.0. The molecule has 0 fully saturated rings. The second-order valence-electron chi connectivity index (χ2n) is 5.09. The Morgan fingerprint density at radius 2 is 1.77 bits per heavy atom. The molecule has 1 aromatic carbocycles. The van der Waals surface area contributed by atoms with Crippen molar-refractivity contribution in [2.45, 2.75) is 31.8 Å². The van der Waals surface area contributed by atoms with Crippen LogP contribution in [-0.2, 0) is 16.6 Å². The fourth-order valence-corrected chi connectivity index (χ4v) is 2.49. The molecule has 0 saturated heterocycles. The zero-order valence-electron chi connectivity index (χ0n) is 12.2. The van der Waals surface area contributed by atoms with E-state index in [0.29, 0.717) is 19.3 Å². The number of sulfonamides is 1. The zero-order valence-corrected chi connectivity index (χ0v) is 13.0. The Hall–Kier alpha value is -1.16. The summed E-state index contributed by atoms with van der Waals surface area (Å²) >= 11 is 0. The van der Waals surface area contributed by atoms with Crippen LogP contribution in [0.15, 0.2) is 24.3 Å². The second-order valence-corrected chi connectivity index (χ2v) is 6.87. The highest BCUT2D eigenvalue weighted by molar-refractivity contribution is 7.88. The summed E-state index contributed by atoms with van der Waals surface area (Å²) in [5, 5.41) is 12.0. The Balaban J connectivity index is 2.85. The van der Waals surface area contributed by atoms with Gasteiger partial charge < -0.3 is 10.4 Å². The first-order chi connectivity index (χ1) is 9.99. The summed E-state index contributed by atoms with van der Waals surface area (Å²) in [6, 6.07) is 3.15. The van der Waals surface area contributed by atoms with Crippen molar-refractivity contribution in [1.82, 2.24) is 10.0 Å². The first kappa shape index (κ1) is 18.9. The molecule has 0 aliphatic rings. The van der Waals surface area contributed by atoms with Gasteiger partial charge in [0.25, 0.3) is 0 Å². The van der Waals surface area contributed by atoms with E-state index in [0.717, 1.165) is 5.56 Å². The zero-order chi connectivity index (χ0) is 17.0. The summed E-state index contributed by atoms with van der Waals surface area (Å²) in [5.74, 6) is 0. The van der Waals surface area contributed by atoms with Crippen molar-refractivity contribution in [3.8, 4) is 0 Å². The summed E-state index contributed by atoms with van der Waals surface area (Å²) in [5.41, 5.74) is 0.543. The van der Waals surface area contributed by atoms with Crippen molar-refractivity contribution in [2.75, 3.05) is 12.8 Å². The van der Waals surface area contributed by atoms with E-state index in [-0.39, 0.29) is 5.56 Å². The fraction of sp³-hybridized carbons (Fsp3) is 0.538. The van der Waals surface area contributed by atoms with Crippen LogP contribution >= 0.6 is 0 Å². The molecule has 1 rings (SSSR count). The van der Waals surface area contributed by atoms with Crippen LogP contribution in [0.4, 0.5) is 13.2 Å². The van der Waals surface area contributed by atoms with Crippen molar-refractivity contribution < 1.29 is 26.7 Å². The van der Waals surface area contributed by atoms with Gasteiger partial charge >= 0.3 is 6.18 Å². The van der Waals surface area contributed by atoms with Crippen molar-refractivity contribution in [3.63, 3.8) is 0 Å². The molecule has 3 N–H and O–H groups in total.